The van der Waals surface area contributed by atoms with E-state index < -0.39 is 48.3 Å². The normalized spacial score (nSPS) is 17.0. The number of benzene rings is 1. The molecular formula is C20H17F4N5O3. The van der Waals surface area contributed by atoms with Gasteiger partial charge in [0.15, 0.2) is 0 Å². The van der Waals surface area contributed by atoms with Crippen molar-refractivity contribution in [3.05, 3.63) is 42.0 Å². The van der Waals surface area contributed by atoms with Crippen LogP contribution in [0.4, 0.5) is 17.6 Å². The number of halogens is 4. The van der Waals surface area contributed by atoms with Gasteiger partial charge in [-0.3, -0.25) is 19.4 Å². The van der Waals surface area contributed by atoms with Gasteiger partial charge in [0.05, 0.1) is 12.6 Å². The average Bonchev–Trinajstić information content (AvgIpc) is 3.25. The Kier molecular flexibility index (Phi) is 6.57. The zero-order valence-electron chi connectivity index (χ0n) is 16.4. The van der Waals surface area contributed by atoms with Crippen LogP contribution in [0.5, 0.6) is 0 Å². The molecule has 0 aliphatic carbocycles. The molecule has 1 aromatic carbocycles. The van der Waals surface area contributed by atoms with Gasteiger partial charge in [-0.05, 0) is 24.3 Å². The highest BCUT2D eigenvalue weighted by molar-refractivity contribution is 5.92. The molecule has 12 heteroatoms. The minimum absolute atomic E-state index is 0.108. The molecule has 2 atom stereocenters. The van der Waals surface area contributed by atoms with Crippen LogP contribution in [0.15, 0.2) is 30.6 Å². The number of hydrogen-bond acceptors (Lipinski definition) is 5. The van der Waals surface area contributed by atoms with Crippen molar-refractivity contribution in [2.24, 2.45) is 0 Å². The molecule has 2 aromatic rings. The summed E-state index contributed by atoms with van der Waals surface area (Å²) in [6.07, 6.45) is -1.88. The minimum Gasteiger partial charge on any atom is -0.339 e. The van der Waals surface area contributed by atoms with E-state index in [0.29, 0.717) is 11.8 Å². The van der Waals surface area contributed by atoms with Crippen LogP contribution >= 0.6 is 0 Å². The molecule has 1 aromatic heterocycles. The van der Waals surface area contributed by atoms with E-state index in [1.165, 1.54) is 29.8 Å². The van der Waals surface area contributed by atoms with Crippen molar-refractivity contribution in [1.29, 1.82) is 5.26 Å². The molecule has 1 fully saturated rings. The first-order valence-corrected chi connectivity index (χ1v) is 9.50. The minimum atomic E-state index is -5.13. The molecule has 3 amide bonds. The lowest BCUT2D eigenvalue weighted by atomic mass is 10.0. The van der Waals surface area contributed by atoms with Gasteiger partial charge < -0.3 is 15.5 Å². The topological polar surface area (TPSA) is 115 Å². The van der Waals surface area contributed by atoms with Crippen LogP contribution in [-0.4, -0.2) is 52.9 Å². The van der Waals surface area contributed by atoms with Crippen molar-refractivity contribution in [2.75, 3.05) is 13.1 Å². The van der Waals surface area contributed by atoms with E-state index in [4.69, 9.17) is 0 Å². The van der Waals surface area contributed by atoms with Gasteiger partial charge in [-0.2, -0.15) is 18.4 Å². The summed E-state index contributed by atoms with van der Waals surface area (Å²) in [5.74, 6) is -4.36. The second-order valence-electron chi connectivity index (χ2n) is 7.06. The number of aromatic nitrogens is 1. The van der Waals surface area contributed by atoms with Gasteiger partial charge >= 0.3 is 12.1 Å². The van der Waals surface area contributed by atoms with Crippen molar-refractivity contribution >= 4 is 28.5 Å². The summed E-state index contributed by atoms with van der Waals surface area (Å²) in [5, 5.41) is 14.1. The summed E-state index contributed by atoms with van der Waals surface area (Å²) in [7, 11) is 0. The van der Waals surface area contributed by atoms with Crippen LogP contribution in [0.3, 0.4) is 0 Å². The molecular weight excluding hydrogens is 434 g/mol. The molecule has 0 spiro atoms. The van der Waals surface area contributed by atoms with Crippen molar-refractivity contribution in [2.45, 2.75) is 31.1 Å². The van der Waals surface area contributed by atoms with Crippen molar-refractivity contribution in [1.82, 2.24) is 20.5 Å². The molecule has 1 saturated heterocycles. The number of hydrogen-bond donors (Lipinski definition) is 2. The standard InChI is InChI=1S/C20H17F4N5O3/c21-14-4-1-3-11-12(14)8-26-9-13(11)15(7-25)28-18(31)16-5-2-6-29(16)17(30)10-27-19(32)20(22,23)24/h1,3-4,8-9,15-16H,2,5-6,10H2,(H,27,32)(H,28,31). The van der Waals surface area contributed by atoms with Crippen LogP contribution in [0.2, 0.25) is 0 Å². The number of nitrogens with zero attached hydrogens (tertiary/aromatic N) is 3. The van der Waals surface area contributed by atoms with Gasteiger partial charge in [-0.15, -0.1) is 0 Å². The molecule has 1 aliphatic rings. The fraction of sp³-hybridized carbons (Fsp3) is 0.350. The fourth-order valence-electron chi connectivity index (χ4n) is 3.53. The van der Waals surface area contributed by atoms with Gasteiger partial charge in [0.25, 0.3) is 0 Å². The number of likely N-dealkylation sites (tertiary alicyclic amines) is 1. The van der Waals surface area contributed by atoms with E-state index in [9.17, 15) is 37.2 Å². The summed E-state index contributed by atoms with van der Waals surface area (Å²) in [4.78, 5) is 40.9. The van der Waals surface area contributed by atoms with Crippen LogP contribution in [0.1, 0.15) is 24.4 Å². The summed E-state index contributed by atoms with van der Waals surface area (Å²) < 4.78 is 50.9. The van der Waals surface area contributed by atoms with Crippen LogP contribution in [0.25, 0.3) is 10.8 Å². The number of nitrogens with one attached hydrogen (secondary N) is 2. The predicted octanol–water partition coefficient (Wildman–Crippen LogP) is 1.72. The van der Waals surface area contributed by atoms with E-state index in [2.05, 4.69) is 10.3 Å². The van der Waals surface area contributed by atoms with Crippen LogP contribution < -0.4 is 10.6 Å². The smallest absolute Gasteiger partial charge is 0.339 e. The number of amides is 3. The molecule has 8 nitrogen and oxygen atoms in total. The first-order chi connectivity index (χ1) is 15.1. The number of fused-ring (bicyclic) bond motifs is 1. The number of pyridine rings is 1. The third kappa shape index (κ3) is 4.77. The first-order valence-electron chi connectivity index (χ1n) is 9.50. The predicted molar refractivity (Wildman–Crippen MR) is 102 cm³/mol. The monoisotopic (exact) mass is 451 g/mol. The van der Waals surface area contributed by atoms with E-state index in [0.717, 1.165) is 4.90 Å². The number of nitriles is 1. The van der Waals surface area contributed by atoms with Gasteiger partial charge in [0, 0.05) is 29.9 Å². The maximum Gasteiger partial charge on any atom is 0.471 e. The molecule has 1 aliphatic heterocycles. The molecule has 2 heterocycles. The molecule has 0 bridgehead atoms. The van der Waals surface area contributed by atoms with E-state index >= 15 is 0 Å². The van der Waals surface area contributed by atoms with Crippen molar-refractivity contribution < 1.29 is 31.9 Å². The SMILES string of the molecule is N#CC(NC(=O)C1CCCN1C(=O)CNC(=O)C(F)(F)F)c1cncc2c(F)cccc12. The van der Waals surface area contributed by atoms with Crippen molar-refractivity contribution in [3.8, 4) is 6.07 Å². The van der Waals surface area contributed by atoms with Gasteiger partial charge in [-0.1, -0.05) is 12.1 Å². The second-order valence-corrected chi connectivity index (χ2v) is 7.06. The Hall–Kier alpha value is -3.75. The summed E-state index contributed by atoms with van der Waals surface area (Å²) in [6, 6.07) is 3.92. The fourth-order valence-corrected chi connectivity index (χ4v) is 3.53. The summed E-state index contributed by atoms with van der Waals surface area (Å²) in [5.41, 5.74) is 0.256. The quantitative estimate of drug-likeness (QED) is 0.672. The Labute approximate surface area is 179 Å². The highest BCUT2D eigenvalue weighted by Gasteiger charge is 2.40. The van der Waals surface area contributed by atoms with E-state index in [1.807, 2.05) is 6.07 Å². The van der Waals surface area contributed by atoms with E-state index in [1.54, 1.807) is 6.07 Å². The third-order valence-corrected chi connectivity index (χ3v) is 5.04. The number of carbonyl (C=O) groups is 3. The van der Waals surface area contributed by atoms with Crippen LogP contribution in [-0.2, 0) is 14.4 Å². The Balaban J connectivity index is 1.73. The molecule has 168 valence electrons. The summed E-state index contributed by atoms with van der Waals surface area (Å²) in [6.45, 7) is -0.812. The van der Waals surface area contributed by atoms with Gasteiger partial charge in [0.2, 0.25) is 11.8 Å². The molecule has 2 unspecified atom stereocenters. The average molecular weight is 451 g/mol. The Morgan fingerprint density at radius 1 is 1.25 bits per heavy atom. The van der Waals surface area contributed by atoms with E-state index in [-0.39, 0.29) is 23.9 Å². The zero-order chi connectivity index (χ0) is 23.5. The highest BCUT2D eigenvalue weighted by Crippen LogP contribution is 2.26. The van der Waals surface area contributed by atoms with Crippen molar-refractivity contribution in [3.63, 3.8) is 0 Å². The summed E-state index contributed by atoms with van der Waals surface area (Å²) >= 11 is 0. The lowest BCUT2D eigenvalue weighted by Gasteiger charge is -2.25. The lowest BCUT2D eigenvalue weighted by Crippen LogP contribution is -2.50. The Bertz CT molecular complexity index is 1100. The highest BCUT2D eigenvalue weighted by atomic mass is 19.4. The second kappa shape index (κ2) is 9.17. The Morgan fingerprint density at radius 2 is 2.00 bits per heavy atom. The molecule has 0 radical (unpaired) electrons. The lowest BCUT2D eigenvalue weighted by molar-refractivity contribution is -0.174. The third-order valence-electron chi connectivity index (χ3n) is 5.04. The number of alkyl halides is 3. The number of carbonyl (C=O) groups excluding carboxylic acids is 3. The largest absolute Gasteiger partial charge is 0.471 e. The number of rotatable bonds is 5. The maximum absolute atomic E-state index is 14.0. The molecule has 2 N–H and O–H groups in total. The first kappa shape index (κ1) is 22.9. The van der Waals surface area contributed by atoms with Gasteiger partial charge in [0.1, 0.15) is 17.9 Å². The zero-order valence-corrected chi connectivity index (χ0v) is 16.4. The molecule has 32 heavy (non-hydrogen) atoms. The molecule has 3 rings (SSSR count). The van der Waals surface area contributed by atoms with Gasteiger partial charge in [-0.25, -0.2) is 4.39 Å². The molecule has 0 saturated carbocycles. The maximum atomic E-state index is 14.0. The van der Waals surface area contributed by atoms with Crippen LogP contribution in [0, 0.1) is 17.1 Å². The Morgan fingerprint density at radius 3 is 2.69 bits per heavy atom.